The SMILES string of the molecule is Cc1ccc2c(c1)C(Nc1ccc3sccc3c1)C(=O)N2. The van der Waals surface area contributed by atoms with Crippen molar-refractivity contribution in [3.05, 3.63) is 59.0 Å². The first-order valence-corrected chi connectivity index (χ1v) is 7.74. The number of carbonyl (C=O) groups excluding carboxylic acids is 1. The molecule has 0 saturated heterocycles. The lowest BCUT2D eigenvalue weighted by molar-refractivity contribution is -0.116. The van der Waals surface area contributed by atoms with Crippen LogP contribution in [0.4, 0.5) is 11.4 Å². The van der Waals surface area contributed by atoms with E-state index in [9.17, 15) is 4.79 Å². The molecule has 1 aliphatic heterocycles. The lowest BCUT2D eigenvalue weighted by atomic mass is 10.0. The zero-order valence-corrected chi connectivity index (χ0v) is 12.3. The maximum absolute atomic E-state index is 12.2. The Balaban J connectivity index is 1.70. The molecule has 1 amide bonds. The minimum absolute atomic E-state index is 0.000940. The number of hydrogen-bond acceptors (Lipinski definition) is 3. The number of anilines is 2. The quantitative estimate of drug-likeness (QED) is 0.739. The maximum Gasteiger partial charge on any atom is 0.251 e. The Labute approximate surface area is 126 Å². The largest absolute Gasteiger partial charge is 0.370 e. The number of hydrogen-bond donors (Lipinski definition) is 2. The summed E-state index contributed by atoms with van der Waals surface area (Å²) in [5.74, 6) is 0.000940. The van der Waals surface area contributed by atoms with Gasteiger partial charge in [0, 0.05) is 21.6 Å². The summed E-state index contributed by atoms with van der Waals surface area (Å²) in [5.41, 5.74) is 4.05. The van der Waals surface area contributed by atoms with Gasteiger partial charge in [-0.15, -0.1) is 11.3 Å². The van der Waals surface area contributed by atoms with Crippen LogP contribution < -0.4 is 10.6 Å². The van der Waals surface area contributed by atoms with Gasteiger partial charge in [0.2, 0.25) is 0 Å². The monoisotopic (exact) mass is 294 g/mol. The molecule has 21 heavy (non-hydrogen) atoms. The fraction of sp³-hybridized carbons (Fsp3) is 0.118. The highest BCUT2D eigenvalue weighted by atomic mass is 32.1. The van der Waals surface area contributed by atoms with Crippen molar-refractivity contribution in [1.29, 1.82) is 0 Å². The molecule has 4 rings (SSSR count). The van der Waals surface area contributed by atoms with Crippen molar-refractivity contribution in [3.8, 4) is 0 Å². The number of carbonyl (C=O) groups is 1. The van der Waals surface area contributed by atoms with E-state index in [2.05, 4.69) is 40.3 Å². The first-order chi connectivity index (χ1) is 10.2. The van der Waals surface area contributed by atoms with Gasteiger partial charge in [-0.05, 0) is 48.0 Å². The summed E-state index contributed by atoms with van der Waals surface area (Å²) < 4.78 is 1.26. The van der Waals surface area contributed by atoms with Gasteiger partial charge in [-0.25, -0.2) is 0 Å². The van der Waals surface area contributed by atoms with Crippen LogP contribution >= 0.6 is 11.3 Å². The molecule has 0 spiro atoms. The fourth-order valence-electron chi connectivity index (χ4n) is 2.75. The van der Waals surface area contributed by atoms with Crippen molar-refractivity contribution in [2.24, 2.45) is 0 Å². The van der Waals surface area contributed by atoms with Gasteiger partial charge in [-0.1, -0.05) is 17.7 Å². The topological polar surface area (TPSA) is 41.1 Å². The summed E-state index contributed by atoms with van der Waals surface area (Å²) in [6, 6.07) is 14.0. The Bertz CT molecular complexity index is 853. The second-order valence-electron chi connectivity index (χ2n) is 5.33. The van der Waals surface area contributed by atoms with Crippen LogP contribution in [0.15, 0.2) is 47.8 Å². The van der Waals surface area contributed by atoms with Crippen molar-refractivity contribution in [3.63, 3.8) is 0 Å². The second-order valence-corrected chi connectivity index (χ2v) is 6.28. The summed E-state index contributed by atoms with van der Waals surface area (Å²) in [6.07, 6.45) is 0. The molecule has 1 aromatic heterocycles. The summed E-state index contributed by atoms with van der Waals surface area (Å²) in [7, 11) is 0. The van der Waals surface area contributed by atoms with Gasteiger partial charge in [0.1, 0.15) is 6.04 Å². The third-order valence-corrected chi connectivity index (χ3v) is 4.70. The molecular weight excluding hydrogens is 280 g/mol. The van der Waals surface area contributed by atoms with Crippen molar-refractivity contribution >= 4 is 38.7 Å². The molecule has 3 nitrogen and oxygen atoms in total. The molecule has 0 saturated carbocycles. The minimum Gasteiger partial charge on any atom is -0.370 e. The van der Waals surface area contributed by atoms with E-state index >= 15 is 0 Å². The molecule has 3 aromatic rings. The van der Waals surface area contributed by atoms with Gasteiger partial charge in [-0.2, -0.15) is 0 Å². The smallest absolute Gasteiger partial charge is 0.251 e. The molecule has 0 fully saturated rings. The molecule has 0 radical (unpaired) electrons. The van der Waals surface area contributed by atoms with Gasteiger partial charge in [0.15, 0.2) is 0 Å². The van der Waals surface area contributed by atoms with Gasteiger partial charge in [-0.3, -0.25) is 4.79 Å². The first-order valence-electron chi connectivity index (χ1n) is 6.86. The van der Waals surface area contributed by atoms with E-state index in [1.807, 2.05) is 25.1 Å². The Morgan fingerprint density at radius 2 is 2.05 bits per heavy atom. The number of benzene rings is 2. The van der Waals surface area contributed by atoms with Crippen LogP contribution in [-0.2, 0) is 4.79 Å². The van der Waals surface area contributed by atoms with Crippen molar-refractivity contribution in [2.75, 3.05) is 10.6 Å². The summed E-state index contributed by atoms with van der Waals surface area (Å²) >= 11 is 1.72. The Morgan fingerprint density at radius 3 is 2.95 bits per heavy atom. The number of amides is 1. The average molecular weight is 294 g/mol. The minimum atomic E-state index is -0.323. The Morgan fingerprint density at radius 1 is 1.14 bits per heavy atom. The van der Waals surface area contributed by atoms with Gasteiger partial charge in [0.25, 0.3) is 5.91 Å². The van der Waals surface area contributed by atoms with E-state index in [0.717, 1.165) is 22.5 Å². The maximum atomic E-state index is 12.2. The van der Waals surface area contributed by atoms with E-state index in [1.165, 1.54) is 10.1 Å². The van der Waals surface area contributed by atoms with Crippen LogP contribution in [0, 0.1) is 6.92 Å². The predicted molar refractivity (Wildman–Crippen MR) is 88.0 cm³/mol. The van der Waals surface area contributed by atoms with E-state index in [1.54, 1.807) is 11.3 Å². The van der Waals surface area contributed by atoms with E-state index < -0.39 is 0 Å². The van der Waals surface area contributed by atoms with E-state index in [0.29, 0.717) is 0 Å². The van der Waals surface area contributed by atoms with E-state index in [4.69, 9.17) is 0 Å². The second kappa shape index (κ2) is 4.60. The van der Waals surface area contributed by atoms with Crippen LogP contribution in [0.5, 0.6) is 0 Å². The molecule has 1 unspecified atom stereocenters. The number of fused-ring (bicyclic) bond motifs is 2. The van der Waals surface area contributed by atoms with Crippen LogP contribution in [0.1, 0.15) is 17.2 Å². The van der Waals surface area contributed by atoms with Crippen molar-refractivity contribution in [2.45, 2.75) is 13.0 Å². The molecule has 2 heterocycles. The average Bonchev–Trinajstić information content (AvgIpc) is 3.04. The highest BCUT2D eigenvalue weighted by molar-refractivity contribution is 7.17. The molecular formula is C17H14N2OS. The standard InChI is InChI=1S/C17H14N2OS/c1-10-2-4-14-13(8-10)16(17(20)19-14)18-12-3-5-15-11(9-12)6-7-21-15/h2-9,16,18H,1H3,(H,19,20). The van der Waals surface area contributed by atoms with Gasteiger partial charge in [0.05, 0.1) is 0 Å². The summed E-state index contributed by atoms with van der Waals surface area (Å²) in [5, 5.41) is 9.56. The number of nitrogens with one attached hydrogen (secondary N) is 2. The van der Waals surface area contributed by atoms with Crippen LogP contribution in [0.2, 0.25) is 0 Å². The van der Waals surface area contributed by atoms with Crippen LogP contribution in [0.25, 0.3) is 10.1 Å². The third kappa shape index (κ3) is 2.08. The molecule has 1 atom stereocenters. The highest BCUT2D eigenvalue weighted by Crippen LogP contribution is 2.34. The molecule has 1 aliphatic rings. The summed E-state index contributed by atoms with van der Waals surface area (Å²) in [6.45, 7) is 2.04. The lowest BCUT2D eigenvalue weighted by Crippen LogP contribution is -2.19. The summed E-state index contributed by atoms with van der Waals surface area (Å²) in [4.78, 5) is 12.2. The number of aryl methyl sites for hydroxylation is 1. The lowest BCUT2D eigenvalue weighted by Gasteiger charge is -2.13. The molecule has 2 aromatic carbocycles. The number of rotatable bonds is 2. The van der Waals surface area contributed by atoms with E-state index in [-0.39, 0.29) is 11.9 Å². The predicted octanol–water partition coefficient (Wildman–Crippen LogP) is 4.32. The Hall–Kier alpha value is -2.33. The molecule has 0 aliphatic carbocycles. The van der Waals surface area contributed by atoms with Crippen LogP contribution in [-0.4, -0.2) is 5.91 Å². The number of thiophene rings is 1. The highest BCUT2D eigenvalue weighted by Gasteiger charge is 2.30. The van der Waals surface area contributed by atoms with Crippen molar-refractivity contribution < 1.29 is 4.79 Å². The van der Waals surface area contributed by atoms with Crippen molar-refractivity contribution in [1.82, 2.24) is 0 Å². The normalized spacial score (nSPS) is 16.8. The zero-order chi connectivity index (χ0) is 14.4. The van der Waals surface area contributed by atoms with Crippen LogP contribution in [0.3, 0.4) is 0 Å². The zero-order valence-electron chi connectivity index (χ0n) is 11.5. The molecule has 2 N–H and O–H groups in total. The third-order valence-electron chi connectivity index (χ3n) is 3.80. The molecule has 0 bridgehead atoms. The molecule has 104 valence electrons. The first kappa shape index (κ1) is 12.4. The fourth-order valence-corrected chi connectivity index (χ4v) is 3.52. The van der Waals surface area contributed by atoms with Gasteiger partial charge < -0.3 is 10.6 Å². The molecule has 4 heteroatoms. The Kier molecular flexibility index (Phi) is 2.72. The van der Waals surface area contributed by atoms with Gasteiger partial charge >= 0.3 is 0 Å².